The van der Waals surface area contributed by atoms with Crippen molar-refractivity contribution >= 4 is 0 Å². The van der Waals surface area contributed by atoms with Crippen LogP contribution in [0.3, 0.4) is 0 Å². The van der Waals surface area contributed by atoms with Gasteiger partial charge >= 0.3 is 0 Å². The second-order valence-corrected chi connectivity index (χ2v) is 5.40. The first-order valence-corrected chi connectivity index (χ1v) is 6.94. The zero-order valence-corrected chi connectivity index (χ0v) is 12.0. The summed E-state index contributed by atoms with van der Waals surface area (Å²) in [6, 6.07) is 1.99. The minimum atomic E-state index is 0.173. The van der Waals surface area contributed by atoms with Crippen molar-refractivity contribution in [1.29, 1.82) is 0 Å². The molecule has 1 atom stereocenters. The van der Waals surface area contributed by atoms with Crippen LogP contribution >= 0.6 is 0 Å². The van der Waals surface area contributed by atoms with E-state index in [1.807, 2.05) is 37.0 Å². The lowest BCUT2D eigenvalue weighted by molar-refractivity contribution is -0.0422. The first-order valence-electron chi connectivity index (χ1n) is 6.94. The summed E-state index contributed by atoms with van der Waals surface area (Å²) in [7, 11) is 0. The first-order chi connectivity index (χ1) is 9.69. The van der Waals surface area contributed by atoms with Gasteiger partial charge in [0.15, 0.2) is 5.76 Å². The van der Waals surface area contributed by atoms with Crippen molar-refractivity contribution in [1.82, 2.24) is 19.8 Å². The van der Waals surface area contributed by atoms with Gasteiger partial charge in [-0.05, 0) is 19.4 Å². The average molecular weight is 276 g/mol. The highest BCUT2D eigenvalue weighted by molar-refractivity contribution is 5.03. The van der Waals surface area contributed by atoms with E-state index in [0.29, 0.717) is 0 Å². The number of aryl methyl sites for hydroxylation is 2. The topological polar surface area (TPSA) is 56.3 Å². The van der Waals surface area contributed by atoms with E-state index in [2.05, 4.69) is 15.2 Å². The molecule has 0 saturated carbocycles. The first kappa shape index (κ1) is 13.3. The summed E-state index contributed by atoms with van der Waals surface area (Å²) in [5, 5.41) is 8.24. The summed E-state index contributed by atoms with van der Waals surface area (Å²) in [5.74, 6) is 0.915. The predicted octanol–water partition coefficient (Wildman–Crippen LogP) is 1.39. The van der Waals surface area contributed by atoms with Gasteiger partial charge in [0.05, 0.1) is 37.7 Å². The zero-order chi connectivity index (χ0) is 13.9. The molecule has 6 heteroatoms. The minimum absolute atomic E-state index is 0.173. The number of ether oxygens (including phenoxy) is 1. The summed E-state index contributed by atoms with van der Waals surface area (Å²) < 4.78 is 13.0. The number of nitrogens with zero attached hydrogens (tertiary/aromatic N) is 4. The number of hydrogen-bond acceptors (Lipinski definition) is 5. The van der Waals surface area contributed by atoms with Crippen LogP contribution < -0.4 is 0 Å². The Hall–Kier alpha value is -1.66. The Bertz CT molecular complexity index is 515. The van der Waals surface area contributed by atoms with Gasteiger partial charge in [-0.2, -0.15) is 5.10 Å². The Morgan fingerprint density at radius 2 is 2.30 bits per heavy atom. The smallest absolute Gasteiger partial charge is 0.150 e. The number of morpholine rings is 1. The van der Waals surface area contributed by atoms with Crippen LogP contribution in [-0.2, 0) is 17.8 Å². The van der Waals surface area contributed by atoms with Crippen molar-refractivity contribution in [3.8, 4) is 0 Å². The van der Waals surface area contributed by atoms with E-state index in [4.69, 9.17) is 9.26 Å². The number of hydrogen-bond donors (Lipinski definition) is 0. The van der Waals surface area contributed by atoms with Crippen LogP contribution in [0.15, 0.2) is 23.0 Å². The van der Waals surface area contributed by atoms with Crippen molar-refractivity contribution in [2.45, 2.75) is 33.0 Å². The van der Waals surface area contributed by atoms with Crippen LogP contribution in [0.5, 0.6) is 0 Å². The monoisotopic (exact) mass is 276 g/mol. The molecular weight excluding hydrogens is 256 g/mol. The lowest BCUT2D eigenvalue weighted by atomic mass is 10.2. The predicted molar refractivity (Wildman–Crippen MR) is 73.2 cm³/mol. The molecule has 1 aliphatic heterocycles. The Balaban J connectivity index is 1.56. The van der Waals surface area contributed by atoms with Gasteiger partial charge in [-0.3, -0.25) is 9.58 Å². The molecule has 0 bridgehead atoms. The fourth-order valence-corrected chi connectivity index (χ4v) is 2.52. The molecule has 2 aromatic rings. The molecule has 0 aromatic carbocycles. The molecule has 3 heterocycles. The van der Waals surface area contributed by atoms with Crippen molar-refractivity contribution in [2.24, 2.45) is 0 Å². The van der Waals surface area contributed by atoms with Gasteiger partial charge in [-0.25, -0.2) is 0 Å². The highest BCUT2D eigenvalue weighted by atomic mass is 16.5. The quantitative estimate of drug-likeness (QED) is 0.844. The molecule has 0 amide bonds. The van der Waals surface area contributed by atoms with Crippen LogP contribution in [0, 0.1) is 13.8 Å². The van der Waals surface area contributed by atoms with Crippen LogP contribution in [0.1, 0.15) is 17.0 Å². The second kappa shape index (κ2) is 5.76. The Labute approximate surface area is 118 Å². The molecule has 6 nitrogen and oxygen atoms in total. The average Bonchev–Trinajstić information content (AvgIpc) is 2.99. The molecule has 0 N–H and O–H groups in total. The van der Waals surface area contributed by atoms with Crippen LogP contribution in [0.25, 0.3) is 0 Å². The van der Waals surface area contributed by atoms with Gasteiger partial charge in [0.1, 0.15) is 0 Å². The second-order valence-electron chi connectivity index (χ2n) is 5.40. The van der Waals surface area contributed by atoms with E-state index in [1.54, 1.807) is 0 Å². The fourth-order valence-electron chi connectivity index (χ4n) is 2.52. The third-order valence-corrected chi connectivity index (χ3v) is 3.43. The maximum absolute atomic E-state index is 5.82. The SMILES string of the molecule is Cc1cnn(C[C@H]2CN(Cc3cc(C)no3)CCO2)c1. The molecule has 2 aromatic heterocycles. The van der Waals surface area contributed by atoms with E-state index in [-0.39, 0.29) is 6.10 Å². The maximum atomic E-state index is 5.82. The zero-order valence-electron chi connectivity index (χ0n) is 12.0. The highest BCUT2D eigenvalue weighted by Gasteiger charge is 2.22. The standard InChI is InChI=1S/C14H20N4O2/c1-11-6-15-18(7-11)10-14-9-17(3-4-19-14)8-13-5-12(2)16-20-13/h5-7,14H,3-4,8-10H2,1-2H3/t14-/m1/s1. The largest absolute Gasteiger partial charge is 0.374 e. The van der Waals surface area contributed by atoms with Gasteiger partial charge in [-0.1, -0.05) is 5.16 Å². The summed E-state index contributed by atoms with van der Waals surface area (Å²) >= 11 is 0. The molecule has 20 heavy (non-hydrogen) atoms. The Morgan fingerprint density at radius 3 is 3.00 bits per heavy atom. The van der Waals surface area contributed by atoms with E-state index in [1.165, 1.54) is 5.56 Å². The third-order valence-electron chi connectivity index (χ3n) is 3.43. The molecule has 108 valence electrons. The van der Waals surface area contributed by atoms with E-state index in [9.17, 15) is 0 Å². The van der Waals surface area contributed by atoms with Crippen molar-refractivity contribution < 1.29 is 9.26 Å². The molecule has 0 unspecified atom stereocenters. The molecule has 3 rings (SSSR count). The lowest BCUT2D eigenvalue weighted by Gasteiger charge is -2.32. The van der Waals surface area contributed by atoms with Crippen molar-refractivity contribution in [3.63, 3.8) is 0 Å². The molecular formula is C14H20N4O2. The highest BCUT2D eigenvalue weighted by Crippen LogP contribution is 2.12. The molecule has 0 spiro atoms. The summed E-state index contributed by atoms with van der Waals surface area (Å²) in [6.07, 6.45) is 4.09. The molecule has 0 aliphatic carbocycles. The van der Waals surface area contributed by atoms with Gasteiger partial charge in [0.25, 0.3) is 0 Å². The Kier molecular flexibility index (Phi) is 3.84. The molecule has 0 radical (unpaired) electrons. The lowest BCUT2D eigenvalue weighted by Crippen LogP contribution is -2.43. The summed E-state index contributed by atoms with van der Waals surface area (Å²) in [5.41, 5.74) is 2.10. The van der Waals surface area contributed by atoms with Gasteiger partial charge < -0.3 is 9.26 Å². The Morgan fingerprint density at radius 1 is 1.40 bits per heavy atom. The van der Waals surface area contributed by atoms with E-state index in [0.717, 1.165) is 44.2 Å². The minimum Gasteiger partial charge on any atom is -0.374 e. The van der Waals surface area contributed by atoms with E-state index < -0.39 is 0 Å². The number of rotatable bonds is 4. The van der Waals surface area contributed by atoms with Gasteiger partial charge in [0.2, 0.25) is 0 Å². The number of aromatic nitrogens is 3. The molecule has 1 aliphatic rings. The van der Waals surface area contributed by atoms with Gasteiger partial charge in [0, 0.05) is 25.4 Å². The molecule has 1 fully saturated rings. The molecule has 1 saturated heterocycles. The van der Waals surface area contributed by atoms with Gasteiger partial charge in [-0.15, -0.1) is 0 Å². The van der Waals surface area contributed by atoms with E-state index >= 15 is 0 Å². The van der Waals surface area contributed by atoms with Crippen molar-refractivity contribution in [2.75, 3.05) is 19.7 Å². The van der Waals surface area contributed by atoms with Crippen LogP contribution in [0.2, 0.25) is 0 Å². The third kappa shape index (κ3) is 3.26. The van der Waals surface area contributed by atoms with Crippen LogP contribution in [0.4, 0.5) is 0 Å². The summed E-state index contributed by atoms with van der Waals surface area (Å²) in [4.78, 5) is 2.34. The van der Waals surface area contributed by atoms with Crippen LogP contribution in [-0.4, -0.2) is 45.6 Å². The normalized spacial score (nSPS) is 20.4. The summed E-state index contributed by atoms with van der Waals surface area (Å²) in [6.45, 7) is 8.13. The fraction of sp³-hybridized carbons (Fsp3) is 0.571. The van der Waals surface area contributed by atoms with Crippen molar-refractivity contribution in [3.05, 3.63) is 35.5 Å². The maximum Gasteiger partial charge on any atom is 0.150 e.